The molecule has 1 saturated carbocycles. The summed E-state index contributed by atoms with van der Waals surface area (Å²) in [5.41, 5.74) is 5.15. The molecule has 0 spiro atoms. The molecule has 5 rings (SSSR count). The molecular formula is C21H24ClN3O2. The van der Waals surface area contributed by atoms with E-state index in [0.29, 0.717) is 34.9 Å². The van der Waals surface area contributed by atoms with Crippen LogP contribution in [-0.2, 0) is 4.74 Å². The average Bonchev–Trinajstić information content (AvgIpc) is 2.70. The maximum atomic E-state index is 8.28. The summed E-state index contributed by atoms with van der Waals surface area (Å²) in [5.74, 6) is 1.80. The van der Waals surface area contributed by atoms with Gasteiger partial charge in [0.2, 0.25) is 5.90 Å². The van der Waals surface area contributed by atoms with E-state index in [1.807, 2.05) is 31.3 Å². The molecule has 1 fully saturated rings. The van der Waals surface area contributed by atoms with E-state index in [2.05, 4.69) is 10.3 Å². The number of aromatic nitrogens is 1. The van der Waals surface area contributed by atoms with Gasteiger partial charge in [-0.1, -0.05) is 11.6 Å². The van der Waals surface area contributed by atoms with Crippen LogP contribution in [-0.4, -0.2) is 24.6 Å². The van der Waals surface area contributed by atoms with Crippen LogP contribution in [0.1, 0.15) is 61.3 Å². The molecule has 3 aliphatic carbocycles. The number of hydrogen-bond acceptors (Lipinski definition) is 5. The van der Waals surface area contributed by atoms with Gasteiger partial charge >= 0.3 is 0 Å². The van der Waals surface area contributed by atoms with Crippen LogP contribution in [0.5, 0.6) is 5.75 Å². The zero-order valence-corrected chi connectivity index (χ0v) is 16.4. The molecule has 142 valence electrons. The normalized spacial score (nSPS) is 20.1. The fraction of sp³-hybridized carbons (Fsp3) is 0.429. The molecule has 2 N–H and O–H groups in total. The first-order chi connectivity index (χ1) is 13.1. The molecule has 5 nitrogen and oxygen atoms in total. The van der Waals surface area contributed by atoms with Crippen LogP contribution in [0.15, 0.2) is 24.4 Å². The Kier molecular flexibility index (Phi) is 4.96. The van der Waals surface area contributed by atoms with Crippen molar-refractivity contribution in [2.45, 2.75) is 44.4 Å². The van der Waals surface area contributed by atoms with E-state index in [-0.39, 0.29) is 5.90 Å². The molecule has 0 saturated heterocycles. The van der Waals surface area contributed by atoms with E-state index in [1.54, 1.807) is 7.11 Å². The van der Waals surface area contributed by atoms with Crippen molar-refractivity contribution in [2.75, 3.05) is 19.0 Å². The first-order valence-corrected chi connectivity index (χ1v) is 9.85. The molecule has 1 aromatic heterocycles. The van der Waals surface area contributed by atoms with Gasteiger partial charge < -0.3 is 14.8 Å². The molecule has 1 aromatic carbocycles. The highest BCUT2D eigenvalue weighted by atomic mass is 35.5. The molecule has 0 aliphatic heterocycles. The number of nitrogens with one attached hydrogen (secondary N) is 2. The predicted octanol–water partition coefficient (Wildman–Crippen LogP) is 5.60. The fourth-order valence-electron chi connectivity index (χ4n) is 4.45. The maximum absolute atomic E-state index is 8.28. The summed E-state index contributed by atoms with van der Waals surface area (Å²) >= 11 is 6.15. The summed E-state index contributed by atoms with van der Waals surface area (Å²) in [5, 5.41) is 12.4. The molecule has 0 radical (unpaired) electrons. The number of methoxy groups -OCH3 is 1. The van der Waals surface area contributed by atoms with Crippen molar-refractivity contribution in [3.05, 3.63) is 46.2 Å². The Balaban J connectivity index is 1.76. The Morgan fingerprint density at radius 2 is 1.93 bits per heavy atom. The monoisotopic (exact) mass is 385 g/mol. The summed E-state index contributed by atoms with van der Waals surface area (Å²) in [7, 11) is 1.61. The zero-order valence-electron chi connectivity index (χ0n) is 15.6. The summed E-state index contributed by atoms with van der Waals surface area (Å²) in [4.78, 5) is 4.62. The third-order valence-corrected chi connectivity index (χ3v) is 5.95. The smallest absolute Gasteiger partial charge is 0.232 e. The lowest BCUT2D eigenvalue weighted by Crippen LogP contribution is -2.27. The van der Waals surface area contributed by atoms with Crippen molar-refractivity contribution in [1.82, 2.24) is 4.98 Å². The van der Waals surface area contributed by atoms with E-state index in [1.165, 1.54) is 36.8 Å². The van der Waals surface area contributed by atoms with Crippen molar-refractivity contribution in [2.24, 2.45) is 0 Å². The van der Waals surface area contributed by atoms with Gasteiger partial charge in [0.05, 0.1) is 30.6 Å². The summed E-state index contributed by atoms with van der Waals surface area (Å²) in [6.07, 6.45) is 6.57. The third-order valence-electron chi connectivity index (χ3n) is 5.64. The number of halogens is 1. The highest BCUT2D eigenvalue weighted by Crippen LogP contribution is 2.53. The van der Waals surface area contributed by atoms with Gasteiger partial charge in [-0.05, 0) is 67.7 Å². The van der Waals surface area contributed by atoms with E-state index >= 15 is 0 Å². The summed E-state index contributed by atoms with van der Waals surface area (Å²) in [6, 6.07) is 5.66. The minimum atomic E-state index is 0.181. The second-order valence-corrected chi connectivity index (χ2v) is 7.54. The van der Waals surface area contributed by atoms with Crippen LogP contribution in [0.2, 0.25) is 5.02 Å². The molecular weight excluding hydrogens is 362 g/mol. The average molecular weight is 386 g/mol. The number of anilines is 2. The van der Waals surface area contributed by atoms with Crippen LogP contribution in [0.25, 0.3) is 0 Å². The van der Waals surface area contributed by atoms with Gasteiger partial charge in [0, 0.05) is 11.8 Å². The molecule has 27 heavy (non-hydrogen) atoms. The van der Waals surface area contributed by atoms with Gasteiger partial charge in [0.25, 0.3) is 0 Å². The molecule has 0 unspecified atom stereocenters. The van der Waals surface area contributed by atoms with Crippen molar-refractivity contribution in [1.29, 1.82) is 5.41 Å². The Labute approximate surface area is 164 Å². The molecule has 2 aromatic rings. The minimum Gasteiger partial charge on any atom is -0.495 e. The molecule has 6 heteroatoms. The largest absolute Gasteiger partial charge is 0.495 e. The van der Waals surface area contributed by atoms with E-state index in [9.17, 15) is 0 Å². The lowest BCUT2D eigenvalue weighted by Gasteiger charge is -2.40. The first kappa shape index (κ1) is 18.1. The number of rotatable bonds is 5. The Morgan fingerprint density at radius 3 is 2.59 bits per heavy atom. The van der Waals surface area contributed by atoms with Gasteiger partial charge in [-0.25, -0.2) is 4.98 Å². The predicted molar refractivity (Wildman–Crippen MR) is 108 cm³/mol. The standard InChI is InChI=1S/C21H24ClN3O2/c1-3-27-21(23)20-19-13-6-4-12(5-7-13)18(19)16(11-24-20)25-14-8-9-15(22)17(10-14)26-2/h8-13,23,25H,3-7H2,1-2H3. The Morgan fingerprint density at radius 1 is 1.22 bits per heavy atom. The van der Waals surface area contributed by atoms with E-state index in [0.717, 1.165) is 11.4 Å². The molecule has 3 aliphatic rings. The van der Waals surface area contributed by atoms with Gasteiger partial charge in [0.1, 0.15) is 11.4 Å². The van der Waals surface area contributed by atoms with Crippen LogP contribution in [0.4, 0.5) is 11.4 Å². The molecule has 0 atom stereocenters. The molecule has 1 heterocycles. The van der Waals surface area contributed by atoms with Crippen molar-refractivity contribution in [3.63, 3.8) is 0 Å². The van der Waals surface area contributed by atoms with Crippen LogP contribution in [0.3, 0.4) is 0 Å². The topological polar surface area (TPSA) is 67.2 Å². The highest BCUT2D eigenvalue weighted by molar-refractivity contribution is 6.32. The fourth-order valence-corrected chi connectivity index (χ4v) is 4.65. The summed E-state index contributed by atoms with van der Waals surface area (Å²) in [6.45, 7) is 2.38. The van der Waals surface area contributed by atoms with Crippen molar-refractivity contribution in [3.8, 4) is 5.75 Å². The lowest BCUT2D eigenvalue weighted by molar-refractivity contribution is 0.320. The van der Waals surface area contributed by atoms with E-state index < -0.39 is 0 Å². The number of hydrogen-bond donors (Lipinski definition) is 2. The maximum Gasteiger partial charge on any atom is 0.232 e. The van der Waals surface area contributed by atoms with Crippen molar-refractivity contribution >= 4 is 28.9 Å². The number of ether oxygens (including phenoxy) is 2. The SMILES string of the molecule is CCOC(=N)c1ncc(Nc2ccc(Cl)c(OC)c2)c2c1C1CCC2CC1. The second kappa shape index (κ2) is 7.39. The van der Waals surface area contributed by atoms with Crippen molar-refractivity contribution < 1.29 is 9.47 Å². The molecule has 2 bridgehead atoms. The first-order valence-electron chi connectivity index (χ1n) is 9.47. The molecule has 0 amide bonds. The van der Waals surface area contributed by atoms with E-state index in [4.69, 9.17) is 26.5 Å². The number of fused-ring (bicyclic) bond motifs is 2. The van der Waals surface area contributed by atoms with Crippen LogP contribution < -0.4 is 10.1 Å². The van der Waals surface area contributed by atoms with Gasteiger partial charge in [-0.15, -0.1) is 0 Å². The van der Waals surface area contributed by atoms with Crippen LogP contribution in [0, 0.1) is 5.41 Å². The van der Waals surface area contributed by atoms with Gasteiger partial charge in [-0.3, -0.25) is 5.41 Å². The minimum absolute atomic E-state index is 0.181. The lowest BCUT2D eigenvalue weighted by atomic mass is 9.66. The summed E-state index contributed by atoms with van der Waals surface area (Å²) < 4.78 is 10.8. The third kappa shape index (κ3) is 3.25. The number of pyridine rings is 1. The van der Waals surface area contributed by atoms with Gasteiger partial charge in [-0.2, -0.15) is 0 Å². The number of benzene rings is 1. The quantitative estimate of drug-likeness (QED) is 0.519. The van der Waals surface area contributed by atoms with Crippen LogP contribution >= 0.6 is 11.6 Å². The number of nitrogens with zero attached hydrogens (tertiary/aromatic N) is 1. The zero-order chi connectivity index (χ0) is 19.0. The second-order valence-electron chi connectivity index (χ2n) is 7.13. The Bertz CT molecular complexity index is 876. The Hall–Kier alpha value is -2.27. The highest BCUT2D eigenvalue weighted by Gasteiger charge is 2.38. The van der Waals surface area contributed by atoms with Gasteiger partial charge in [0.15, 0.2) is 0 Å².